The van der Waals surface area contributed by atoms with Gasteiger partial charge in [0.05, 0.1) is 10.5 Å². The molecular weight excluding hydrogens is 236 g/mol. The zero-order valence-electron chi connectivity index (χ0n) is 9.62. The number of hydrogen-bond acceptors (Lipinski definition) is 5. The van der Waals surface area contributed by atoms with Crippen molar-refractivity contribution in [2.75, 3.05) is 0 Å². The van der Waals surface area contributed by atoms with E-state index < -0.39 is 10.9 Å². The van der Waals surface area contributed by atoms with Crippen LogP contribution in [-0.2, 0) is 4.74 Å². The van der Waals surface area contributed by atoms with Gasteiger partial charge in [0.15, 0.2) is 0 Å². The van der Waals surface area contributed by atoms with E-state index in [0.29, 0.717) is 6.42 Å². The largest absolute Gasteiger partial charge is 0.412 e. The highest BCUT2D eigenvalue weighted by Crippen LogP contribution is 2.13. The van der Waals surface area contributed by atoms with Gasteiger partial charge in [-0.05, 0) is 24.6 Å². The van der Waals surface area contributed by atoms with Crippen LogP contribution in [0.4, 0.5) is 5.69 Å². The van der Waals surface area contributed by atoms with E-state index in [4.69, 9.17) is 10.00 Å². The predicted octanol–water partition coefficient (Wildman–Crippen LogP) is 2.57. The number of carbonyl (C=O) groups excluding carboxylic acids is 1. The first kappa shape index (κ1) is 13.4. The summed E-state index contributed by atoms with van der Waals surface area (Å²) in [6.07, 6.45) is 2.04. The Bertz CT molecular complexity index is 526. The number of non-ortho nitro benzene ring substituents is 1. The van der Waals surface area contributed by atoms with Crippen LogP contribution in [0.25, 0.3) is 0 Å². The van der Waals surface area contributed by atoms with Gasteiger partial charge in [0.1, 0.15) is 6.07 Å². The highest BCUT2D eigenvalue weighted by molar-refractivity contribution is 5.90. The number of ether oxygens (including phenoxy) is 1. The summed E-state index contributed by atoms with van der Waals surface area (Å²) < 4.78 is 4.82. The van der Waals surface area contributed by atoms with Crippen molar-refractivity contribution in [1.29, 1.82) is 5.26 Å². The van der Waals surface area contributed by atoms with Gasteiger partial charge in [-0.25, -0.2) is 4.79 Å². The maximum absolute atomic E-state index is 11.6. The summed E-state index contributed by atoms with van der Waals surface area (Å²) in [6, 6.07) is 6.70. The minimum atomic E-state index is -0.717. The number of esters is 1. The van der Waals surface area contributed by atoms with E-state index in [1.165, 1.54) is 30.3 Å². The minimum Gasteiger partial charge on any atom is -0.412 e. The molecule has 6 heteroatoms. The summed E-state index contributed by atoms with van der Waals surface area (Å²) in [5.41, 5.74) is 0.0361. The van der Waals surface area contributed by atoms with Gasteiger partial charge in [-0.1, -0.05) is 6.92 Å². The van der Waals surface area contributed by atoms with Gasteiger partial charge in [-0.15, -0.1) is 0 Å². The lowest BCUT2D eigenvalue weighted by Gasteiger charge is -2.01. The fourth-order valence-electron chi connectivity index (χ4n) is 1.17. The molecule has 0 atom stereocenters. The number of nitriles is 1. The van der Waals surface area contributed by atoms with Crippen LogP contribution in [-0.4, -0.2) is 10.9 Å². The fourth-order valence-corrected chi connectivity index (χ4v) is 1.17. The second kappa shape index (κ2) is 6.15. The van der Waals surface area contributed by atoms with Gasteiger partial charge >= 0.3 is 5.97 Å². The second-order valence-corrected chi connectivity index (χ2v) is 3.28. The summed E-state index contributed by atoms with van der Waals surface area (Å²) in [5, 5.41) is 19.1. The van der Waals surface area contributed by atoms with Gasteiger partial charge < -0.3 is 4.74 Å². The highest BCUT2D eigenvalue weighted by Gasteiger charge is 2.12. The zero-order valence-corrected chi connectivity index (χ0v) is 9.62. The van der Waals surface area contributed by atoms with Gasteiger partial charge in [0, 0.05) is 12.1 Å². The molecule has 0 aromatic heterocycles. The number of nitro benzene ring substituents is 1. The second-order valence-electron chi connectivity index (χ2n) is 3.28. The number of carbonyl (C=O) groups is 1. The van der Waals surface area contributed by atoms with Gasteiger partial charge in [-0.2, -0.15) is 5.26 Å². The summed E-state index contributed by atoms with van der Waals surface area (Å²) in [5.74, 6) is -0.799. The van der Waals surface area contributed by atoms with Crippen molar-refractivity contribution in [2.24, 2.45) is 0 Å². The van der Waals surface area contributed by atoms with E-state index in [1.807, 2.05) is 0 Å². The normalized spacial score (nSPS) is 10.6. The van der Waals surface area contributed by atoms with Crippen LogP contribution in [0.15, 0.2) is 36.1 Å². The van der Waals surface area contributed by atoms with Crippen molar-refractivity contribution >= 4 is 11.7 Å². The van der Waals surface area contributed by atoms with Crippen molar-refractivity contribution in [3.05, 3.63) is 51.8 Å². The molecule has 0 spiro atoms. The van der Waals surface area contributed by atoms with Crippen molar-refractivity contribution in [3.8, 4) is 6.07 Å². The number of hydrogen-bond donors (Lipinski definition) is 0. The topological polar surface area (TPSA) is 93.2 Å². The number of nitrogens with zero attached hydrogens (tertiary/aromatic N) is 2. The first-order chi connectivity index (χ1) is 8.58. The summed E-state index contributed by atoms with van der Waals surface area (Å²) >= 11 is 0. The number of benzene rings is 1. The Kier molecular flexibility index (Phi) is 4.58. The van der Waals surface area contributed by atoms with E-state index in [0.717, 1.165) is 0 Å². The third-order valence-corrected chi connectivity index (χ3v) is 2.02. The molecule has 0 saturated carbocycles. The first-order valence-electron chi connectivity index (χ1n) is 5.15. The Labute approximate surface area is 103 Å². The Hall–Kier alpha value is -2.68. The van der Waals surface area contributed by atoms with Crippen LogP contribution in [0.5, 0.6) is 0 Å². The fraction of sp³-hybridized carbons (Fsp3) is 0.167. The summed E-state index contributed by atoms with van der Waals surface area (Å²) in [6.45, 7) is 1.80. The van der Waals surface area contributed by atoms with Crippen LogP contribution >= 0.6 is 0 Å². The van der Waals surface area contributed by atoms with Crippen molar-refractivity contribution in [1.82, 2.24) is 0 Å². The number of rotatable bonds is 4. The maximum atomic E-state index is 11.6. The molecule has 0 unspecified atom stereocenters. The van der Waals surface area contributed by atoms with E-state index in [9.17, 15) is 14.9 Å². The van der Waals surface area contributed by atoms with Crippen LogP contribution in [0.3, 0.4) is 0 Å². The molecule has 1 aromatic carbocycles. The average Bonchev–Trinajstić information content (AvgIpc) is 2.38. The van der Waals surface area contributed by atoms with Gasteiger partial charge in [0.2, 0.25) is 5.76 Å². The molecule has 0 aliphatic rings. The quantitative estimate of drug-likeness (QED) is 0.267. The van der Waals surface area contributed by atoms with E-state index in [-0.39, 0.29) is 17.0 Å². The van der Waals surface area contributed by atoms with Crippen molar-refractivity contribution < 1.29 is 14.5 Å². The van der Waals surface area contributed by atoms with Crippen LogP contribution in [0, 0.1) is 21.4 Å². The predicted molar refractivity (Wildman–Crippen MR) is 62.5 cm³/mol. The molecule has 0 radical (unpaired) electrons. The molecule has 0 aliphatic carbocycles. The molecule has 0 aliphatic heterocycles. The molecule has 0 heterocycles. The molecule has 18 heavy (non-hydrogen) atoms. The third kappa shape index (κ3) is 3.42. The third-order valence-electron chi connectivity index (χ3n) is 2.02. The zero-order chi connectivity index (χ0) is 13.5. The maximum Gasteiger partial charge on any atom is 0.344 e. The van der Waals surface area contributed by atoms with E-state index in [2.05, 4.69) is 0 Å². The number of nitro groups is 1. The van der Waals surface area contributed by atoms with Crippen LogP contribution < -0.4 is 0 Å². The monoisotopic (exact) mass is 246 g/mol. The molecule has 1 rings (SSSR count). The Morgan fingerprint density at radius 3 is 2.56 bits per heavy atom. The molecule has 1 aromatic rings. The lowest BCUT2D eigenvalue weighted by Crippen LogP contribution is -2.04. The Morgan fingerprint density at radius 2 is 2.11 bits per heavy atom. The van der Waals surface area contributed by atoms with Crippen molar-refractivity contribution in [2.45, 2.75) is 13.3 Å². The van der Waals surface area contributed by atoms with Crippen LogP contribution in [0.2, 0.25) is 0 Å². The van der Waals surface area contributed by atoms with Crippen LogP contribution in [0.1, 0.15) is 23.7 Å². The van der Waals surface area contributed by atoms with E-state index >= 15 is 0 Å². The molecule has 0 amide bonds. The first-order valence-corrected chi connectivity index (χ1v) is 5.15. The molecule has 0 bridgehead atoms. The molecule has 0 N–H and O–H groups in total. The van der Waals surface area contributed by atoms with E-state index in [1.54, 1.807) is 13.0 Å². The lowest BCUT2D eigenvalue weighted by molar-refractivity contribution is -0.384. The molecule has 0 fully saturated rings. The molecular formula is C12H10N2O4. The lowest BCUT2D eigenvalue weighted by atomic mass is 10.2. The molecule has 0 saturated heterocycles. The molecule has 6 nitrogen and oxygen atoms in total. The standard InChI is InChI=1S/C12H10N2O4/c1-2-3-11(8-13)18-12(15)9-4-6-10(7-5-9)14(16)17/h3-7H,2H2,1H3/b11-3+. The summed E-state index contributed by atoms with van der Waals surface area (Å²) in [4.78, 5) is 21.5. The Balaban J connectivity index is 2.82. The van der Waals surface area contributed by atoms with Crippen molar-refractivity contribution in [3.63, 3.8) is 0 Å². The highest BCUT2D eigenvalue weighted by atomic mass is 16.6. The SMILES string of the molecule is CC/C=C(\C#N)OC(=O)c1ccc([N+](=O)[O-])cc1. The minimum absolute atomic E-state index is 0.0825. The smallest absolute Gasteiger partial charge is 0.344 e. The average molecular weight is 246 g/mol. The van der Waals surface area contributed by atoms with Gasteiger partial charge in [-0.3, -0.25) is 10.1 Å². The Morgan fingerprint density at radius 1 is 1.50 bits per heavy atom. The summed E-state index contributed by atoms with van der Waals surface area (Å²) in [7, 11) is 0. The van der Waals surface area contributed by atoms with Gasteiger partial charge in [0.25, 0.3) is 5.69 Å². The number of allylic oxidation sites excluding steroid dienone is 2. The molecule has 92 valence electrons.